The summed E-state index contributed by atoms with van der Waals surface area (Å²) in [6.07, 6.45) is 5.36. The molecule has 1 unspecified atom stereocenters. The van der Waals surface area contributed by atoms with E-state index in [1.165, 1.54) is 12.8 Å². The molecule has 0 bridgehead atoms. The molecule has 0 saturated carbocycles. The van der Waals surface area contributed by atoms with Crippen LogP contribution in [0.25, 0.3) is 0 Å². The van der Waals surface area contributed by atoms with E-state index in [2.05, 4.69) is 11.5 Å². The monoisotopic (exact) mass is 265 g/mol. The third-order valence-corrected chi connectivity index (χ3v) is 3.81. The molecule has 1 aromatic rings. The molecular weight excluding hydrogens is 246 g/mol. The first-order valence-electron chi connectivity index (χ1n) is 6.49. The standard InChI is InChI=1S/C15H20ClNO/c1-3-7-15(17-10-4-5-11-17)18-14-9-6-8-13(16)12(14)2/h3,6,8-9,15H,1,4-5,7,10-11H2,2H3. The van der Waals surface area contributed by atoms with Crippen molar-refractivity contribution in [3.8, 4) is 5.75 Å². The highest BCUT2D eigenvalue weighted by molar-refractivity contribution is 6.31. The smallest absolute Gasteiger partial charge is 0.156 e. The van der Waals surface area contributed by atoms with Crippen LogP contribution >= 0.6 is 11.6 Å². The predicted molar refractivity (Wildman–Crippen MR) is 76.2 cm³/mol. The molecule has 0 N–H and O–H groups in total. The number of likely N-dealkylation sites (tertiary alicyclic amines) is 1. The molecule has 0 spiro atoms. The van der Waals surface area contributed by atoms with Gasteiger partial charge in [-0.15, -0.1) is 6.58 Å². The third-order valence-electron chi connectivity index (χ3n) is 3.40. The summed E-state index contributed by atoms with van der Waals surface area (Å²) in [7, 11) is 0. The average Bonchev–Trinajstić information content (AvgIpc) is 2.88. The van der Waals surface area contributed by atoms with Gasteiger partial charge in [0, 0.05) is 30.1 Å². The summed E-state index contributed by atoms with van der Waals surface area (Å²) in [6, 6.07) is 5.80. The number of hydrogen-bond donors (Lipinski definition) is 0. The normalized spacial score (nSPS) is 17.7. The number of benzene rings is 1. The second kappa shape index (κ2) is 6.26. The lowest BCUT2D eigenvalue weighted by Crippen LogP contribution is -2.37. The highest BCUT2D eigenvalue weighted by Crippen LogP contribution is 2.27. The fraction of sp³-hybridized carbons (Fsp3) is 0.467. The average molecular weight is 266 g/mol. The molecule has 3 heteroatoms. The minimum atomic E-state index is 0.0853. The van der Waals surface area contributed by atoms with Crippen LogP contribution in [0.1, 0.15) is 24.8 Å². The molecule has 18 heavy (non-hydrogen) atoms. The van der Waals surface area contributed by atoms with Crippen LogP contribution in [0, 0.1) is 6.92 Å². The van der Waals surface area contributed by atoms with Crippen LogP contribution in [-0.4, -0.2) is 24.2 Å². The van der Waals surface area contributed by atoms with Crippen LogP contribution in [0.2, 0.25) is 5.02 Å². The van der Waals surface area contributed by atoms with Crippen LogP contribution in [0.3, 0.4) is 0 Å². The molecule has 1 fully saturated rings. The fourth-order valence-corrected chi connectivity index (χ4v) is 2.47. The molecule has 0 aromatic heterocycles. The Hall–Kier alpha value is -0.990. The van der Waals surface area contributed by atoms with Gasteiger partial charge in [-0.2, -0.15) is 0 Å². The van der Waals surface area contributed by atoms with Gasteiger partial charge in [0.1, 0.15) is 5.75 Å². The van der Waals surface area contributed by atoms with Crippen molar-refractivity contribution in [2.45, 2.75) is 32.4 Å². The molecule has 0 amide bonds. The fourth-order valence-electron chi connectivity index (χ4n) is 2.31. The number of nitrogens with zero attached hydrogens (tertiary/aromatic N) is 1. The van der Waals surface area contributed by atoms with Gasteiger partial charge in [-0.3, -0.25) is 4.90 Å². The molecule has 2 nitrogen and oxygen atoms in total. The first-order valence-corrected chi connectivity index (χ1v) is 6.87. The van der Waals surface area contributed by atoms with Crippen LogP contribution in [0.4, 0.5) is 0 Å². The summed E-state index contributed by atoms with van der Waals surface area (Å²) in [5.74, 6) is 0.876. The minimum absolute atomic E-state index is 0.0853. The first kappa shape index (κ1) is 13.4. The molecule has 1 saturated heterocycles. The second-order valence-corrected chi connectivity index (χ2v) is 5.11. The topological polar surface area (TPSA) is 12.5 Å². The summed E-state index contributed by atoms with van der Waals surface area (Å²) in [5, 5.41) is 0.756. The summed E-state index contributed by atoms with van der Waals surface area (Å²) in [5.41, 5.74) is 1.01. The Labute approximate surface area is 114 Å². The maximum absolute atomic E-state index is 6.12. The molecule has 1 aliphatic heterocycles. The van der Waals surface area contributed by atoms with Crippen molar-refractivity contribution in [2.24, 2.45) is 0 Å². The Morgan fingerprint density at radius 2 is 2.17 bits per heavy atom. The SMILES string of the molecule is C=CCC(Oc1cccc(Cl)c1C)N1CCCC1. The lowest BCUT2D eigenvalue weighted by molar-refractivity contribution is 0.0453. The maximum Gasteiger partial charge on any atom is 0.156 e. The number of rotatable bonds is 5. The van der Waals surface area contributed by atoms with Crippen molar-refractivity contribution in [2.75, 3.05) is 13.1 Å². The predicted octanol–water partition coefficient (Wildman–Crippen LogP) is 4.03. The number of hydrogen-bond acceptors (Lipinski definition) is 2. The van der Waals surface area contributed by atoms with Crippen LogP contribution in [0.15, 0.2) is 30.9 Å². The zero-order valence-electron chi connectivity index (χ0n) is 10.9. The van der Waals surface area contributed by atoms with E-state index in [4.69, 9.17) is 16.3 Å². The van der Waals surface area contributed by atoms with E-state index < -0.39 is 0 Å². The highest BCUT2D eigenvalue weighted by atomic mass is 35.5. The van der Waals surface area contributed by atoms with Crippen LogP contribution in [0.5, 0.6) is 5.75 Å². The molecule has 1 aliphatic rings. The Kier molecular flexibility index (Phi) is 4.67. The lowest BCUT2D eigenvalue weighted by Gasteiger charge is -2.28. The molecule has 0 aliphatic carbocycles. The van der Waals surface area contributed by atoms with E-state index in [0.29, 0.717) is 0 Å². The zero-order chi connectivity index (χ0) is 13.0. The summed E-state index contributed by atoms with van der Waals surface area (Å²) in [4.78, 5) is 2.38. The Morgan fingerprint density at radius 3 is 2.83 bits per heavy atom. The van der Waals surface area contributed by atoms with E-state index in [0.717, 1.165) is 35.8 Å². The van der Waals surface area contributed by atoms with Gasteiger partial charge >= 0.3 is 0 Å². The minimum Gasteiger partial charge on any atom is -0.474 e. The highest BCUT2D eigenvalue weighted by Gasteiger charge is 2.22. The summed E-state index contributed by atoms with van der Waals surface area (Å²) < 4.78 is 6.12. The van der Waals surface area contributed by atoms with Gasteiger partial charge in [0.25, 0.3) is 0 Å². The molecule has 1 aromatic carbocycles. The second-order valence-electron chi connectivity index (χ2n) is 4.70. The summed E-state index contributed by atoms with van der Waals surface area (Å²) >= 11 is 6.12. The van der Waals surface area contributed by atoms with Crippen molar-refractivity contribution < 1.29 is 4.74 Å². The molecule has 0 radical (unpaired) electrons. The first-order chi connectivity index (χ1) is 8.72. The lowest BCUT2D eigenvalue weighted by atomic mass is 10.2. The Bertz CT molecular complexity index is 413. The van der Waals surface area contributed by atoms with E-state index in [1.54, 1.807) is 0 Å². The van der Waals surface area contributed by atoms with E-state index in [1.807, 2.05) is 31.2 Å². The van der Waals surface area contributed by atoms with Crippen molar-refractivity contribution in [3.63, 3.8) is 0 Å². The van der Waals surface area contributed by atoms with Gasteiger partial charge in [0.05, 0.1) is 0 Å². The Morgan fingerprint density at radius 1 is 1.44 bits per heavy atom. The van der Waals surface area contributed by atoms with Gasteiger partial charge in [0.15, 0.2) is 6.23 Å². The molecule has 1 atom stereocenters. The number of halogens is 1. The molecular formula is C15H20ClNO. The van der Waals surface area contributed by atoms with E-state index in [-0.39, 0.29) is 6.23 Å². The zero-order valence-corrected chi connectivity index (χ0v) is 11.6. The molecule has 1 heterocycles. The van der Waals surface area contributed by atoms with Crippen molar-refractivity contribution in [3.05, 3.63) is 41.4 Å². The van der Waals surface area contributed by atoms with Crippen LogP contribution in [-0.2, 0) is 0 Å². The third kappa shape index (κ3) is 3.06. The van der Waals surface area contributed by atoms with Gasteiger partial charge in [0.2, 0.25) is 0 Å². The van der Waals surface area contributed by atoms with Crippen molar-refractivity contribution in [1.82, 2.24) is 4.90 Å². The van der Waals surface area contributed by atoms with Gasteiger partial charge in [-0.25, -0.2) is 0 Å². The van der Waals surface area contributed by atoms with Gasteiger partial charge < -0.3 is 4.74 Å². The van der Waals surface area contributed by atoms with Gasteiger partial charge in [-0.05, 0) is 31.9 Å². The van der Waals surface area contributed by atoms with E-state index in [9.17, 15) is 0 Å². The van der Waals surface area contributed by atoms with Crippen molar-refractivity contribution >= 4 is 11.6 Å². The molecule has 98 valence electrons. The van der Waals surface area contributed by atoms with Crippen molar-refractivity contribution in [1.29, 1.82) is 0 Å². The largest absolute Gasteiger partial charge is 0.474 e. The Balaban J connectivity index is 2.12. The van der Waals surface area contributed by atoms with Crippen LogP contribution < -0.4 is 4.74 Å². The number of ether oxygens (including phenoxy) is 1. The maximum atomic E-state index is 6.12. The summed E-state index contributed by atoms with van der Waals surface area (Å²) in [6.45, 7) is 8.03. The van der Waals surface area contributed by atoms with Gasteiger partial charge in [-0.1, -0.05) is 23.7 Å². The van der Waals surface area contributed by atoms with E-state index >= 15 is 0 Å². The molecule has 2 rings (SSSR count). The quantitative estimate of drug-likeness (QED) is 0.746.